The zero-order chi connectivity index (χ0) is 19.5. The van der Waals surface area contributed by atoms with Crippen LogP contribution in [0.1, 0.15) is 23.2 Å². The van der Waals surface area contributed by atoms with Gasteiger partial charge in [0.2, 0.25) is 0 Å². The normalized spacial score (nSPS) is 16.8. The zero-order valence-electron chi connectivity index (χ0n) is 15.6. The molecule has 6 heteroatoms. The molecule has 0 saturated carbocycles. The van der Waals surface area contributed by atoms with Crippen LogP contribution in [0, 0.1) is 5.92 Å². The van der Waals surface area contributed by atoms with Gasteiger partial charge in [-0.2, -0.15) is 0 Å². The summed E-state index contributed by atoms with van der Waals surface area (Å²) in [5, 5.41) is 1.97. The highest BCUT2D eigenvalue weighted by Gasteiger charge is 2.30. The summed E-state index contributed by atoms with van der Waals surface area (Å²) in [6, 6.07) is 12.9. The van der Waals surface area contributed by atoms with E-state index >= 15 is 0 Å². The van der Waals surface area contributed by atoms with Crippen molar-refractivity contribution in [2.75, 3.05) is 20.2 Å². The lowest BCUT2D eigenvalue weighted by Gasteiger charge is -2.31. The van der Waals surface area contributed by atoms with Crippen molar-refractivity contribution in [3.05, 3.63) is 60.6 Å². The molecule has 1 aliphatic heterocycles. The largest absolute Gasteiger partial charge is 0.497 e. The van der Waals surface area contributed by atoms with Crippen LogP contribution in [-0.4, -0.2) is 37.0 Å². The molecule has 28 heavy (non-hydrogen) atoms. The summed E-state index contributed by atoms with van der Waals surface area (Å²) in [4.78, 5) is 26.9. The van der Waals surface area contributed by atoms with E-state index in [1.807, 2.05) is 30.3 Å². The summed E-state index contributed by atoms with van der Waals surface area (Å²) in [5.41, 5.74) is 0.498. The third-order valence-electron chi connectivity index (χ3n) is 5.05. The van der Waals surface area contributed by atoms with Crippen molar-refractivity contribution in [3.63, 3.8) is 0 Å². The molecule has 4 rings (SSSR count). The molecular formula is C22H21NO5. The van der Waals surface area contributed by atoms with Crippen molar-refractivity contribution in [1.82, 2.24) is 4.90 Å². The molecule has 0 aliphatic carbocycles. The van der Waals surface area contributed by atoms with E-state index in [9.17, 15) is 9.59 Å². The molecule has 0 bridgehead atoms. The second kappa shape index (κ2) is 7.76. The van der Waals surface area contributed by atoms with Gasteiger partial charge in [-0.25, -0.2) is 0 Å². The SMILES string of the molecule is COc1ccc2ccc(OC(=O)C3CCCN(C(=O)c4ccoc4)C3)cc2c1. The molecule has 1 aliphatic rings. The van der Waals surface area contributed by atoms with Crippen LogP contribution in [0.3, 0.4) is 0 Å². The number of amides is 1. The first kappa shape index (κ1) is 18.1. The standard InChI is InChI=1S/C22H21NO5/c1-26-19-6-4-15-5-7-20(12-18(15)11-19)28-22(25)16-3-2-9-23(13-16)21(24)17-8-10-27-14-17/h4-8,10-12,14,16H,2-3,9,13H2,1H3. The molecule has 1 aromatic heterocycles. The predicted octanol–water partition coefficient (Wildman–Crippen LogP) is 3.90. The van der Waals surface area contributed by atoms with Crippen LogP contribution in [0.2, 0.25) is 0 Å². The van der Waals surface area contributed by atoms with Crippen LogP contribution < -0.4 is 9.47 Å². The molecule has 0 N–H and O–H groups in total. The number of benzene rings is 2. The van der Waals surface area contributed by atoms with Crippen LogP contribution in [0.4, 0.5) is 0 Å². The minimum atomic E-state index is -0.342. The van der Waals surface area contributed by atoms with E-state index in [1.165, 1.54) is 12.5 Å². The summed E-state index contributed by atoms with van der Waals surface area (Å²) in [7, 11) is 1.62. The van der Waals surface area contributed by atoms with E-state index < -0.39 is 0 Å². The lowest BCUT2D eigenvalue weighted by molar-refractivity contribution is -0.140. The third-order valence-corrected chi connectivity index (χ3v) is 5.05. The number of piperidine rings is 1. The Labute approximate surface area is 162 Å². The summed E-state index contributed by atoms with van der Waals surface area (Å²) in [5.74, 6) is 0.460. The van der Waals surface area contributed by atoms with Gasteiger partial charge in [0.25, 0.3) is 5.91 Å². The van der Waals surface area contributed by atoms with E-state index in [1.54, 1.807) is 24.1 Å². The summed E-state index contributed by atoms with van der Waals surface area (Å²) < 4.78 is 15.9. The Hall–Kier alpha value is -3.28. The highest BCUT2D eigenvalue weighted by Crippen LogP contribution is 2.27. The second-order valence-corrected chi connectivity index (χ2v) is 6.90. The fourth-order valence-corrected chi connectivity index (χ4v) is 3.52. The maximum atomic E-state index is 12.7. The number of furan rings is 1. The number of nitrogens with zero attached hydrogens (tertiary/aromatic N) is 1. The van der Waals surface area contributed by atoms with Gasteiger partial charge in [0.1, 0.15) is 17.8 Å². The molecule has 3 aromatic rings. The van der Waals surface area contributed by atoms with Crippen LogP contribution in [0.25, 0.3) is 10.8 Å². The molecule has 1 unspecified atom stereocenters. The number of carbonyl (C=O) groups excluding carboxylic acids is 2. The minimum absolute atomic E-state index is 0.121. The first-order valence-corrected chi connectivity index (χ1v) is 9.25. The van der Waals surface area contributed by atoms with Gasteiger partial charge in [-0.05, 0) is 53.9 Å². The molecule has 0 spiro atoms. The number of hydrogen-bond donors (Lipinski definition) is 0. The van der Waals surface area contributed by atoms with E-state index in [0.29, 0.717) is 30.8 Å². The van der Waals surface area contributed by atoms with Gasteiger partial charge in [-0.1, -0.05) is 12.1 Å². The van der Waals surface area contributed by atoms with E-state index in [0.717, 1.165) is 22.9 Å². The predicted molar refractivity (Wildman–Crippen MR) is 103 cm³/mol. The fraction of sp³-hybridized carbons (Fsp3) is 0.273. The van der Waals surface area contributed by atoms with Gasteiger partial charge in [-0.15, -0.1) is 0 Å². The quantitative estimate of drug-likeness (QED) is 0.508. The number of carbonyl (C=O) groups is 2. The maximum Gasteiger partial charge on any atom is 0.316 e. The van der Waals surface area contributed by atoms with Gasteiger partial charge in [0.15, 0.2) is 0 Å². The monoisotopic (exact) mass is 379 g/mol. The first-order chi connectivity index (χ1) is 13.6. The van der Waals surface area contributed by atoms with Crippen molar-refractivity contribution in [1.29, 1.82) is 0 Å². The lowest BCUT2D eigenvalue weighted by Crippen LogP contribution is -2.43. The summed E-state index contributed by atoms with van der Waals surface area (Å²) in [6.07, 6.45) is 4.36. The summed E-state index contributed by atoms with van der Waals surface area (Å²) in [6.45, 7) is 0.980. The second-order valence-electron chi connectivity index (χ2n) is 6.90. The molecule has 0 radical (unpaired) electrons. The van der Waals surface area contributed by atoms with Gasteiger partial charge in [0.05, 0.1) is 24.9 Å². The van der Waals surface area contributed by atoms with Crippen molar-refractivity contribution >= 4 is 22.6 Å². The van der Waals surface area contributed by atoms with Crippen molar-refractivity contribution in [3.8, 4) is 11.5 Å². The van der Waals surface area contributed by atoms with Crippen LogP contribution in [-0.2, 0) is 4.79 Å². The summed E-state index contributed by atoms with van der Waals surface area (Å²) >= 11 is 0. The highest BCUT2D eigenvalue weighted by atomic mass is 16.5. The van der Waals surface area contributed by atoms with E-state index in [2.05, 4.69) is 0 Å². The Morgan fingerprint density at radius 3 is 2.61 bits per heavy atom. The lowest BCUT2D eigenvalue weighted by atomic mass is 9.97. The molecule has 1 atom stereocenters. The molecule has 2 heterocycles. The van der Waals surface area contributed by atoms with Crippen molar-refractivity contribution in [2.24, 2.45) is 5.92 Å². The van der Waals surface area contributed by atoms with Gasteiger partial charge >= 0.3 is 5.97 Å². The number of rotatable bonds is 4. The van der Waals surface area contributed by atoms with Gasteiger partial charge in [-0.3, -0.25) is 9.59 Å². The molecular weight excluding hydrogens is 358 g/mol. The Morgan fingerprint density at radius 2 is 1.86 bits per heavy atom. The molecule has 1 amide bonds. The first-order valence-electron chi connectivity index (χ1n) is 9.25. The van der Waals surface area contributed by atoms with Crippen molar-refractivity contribution in [2.45, 2.75) is 12.8 Å². The molecule has 6 nitrogen and oxygen atoms in total. The number of likely N-dealkylation sites (tertiary alicyclic amines) is 1. The van der Waals surface area contributed by atoms with E-state index in [4.69, 9.17) is 13.9 Å². The average Bonchev–Trinajstić information content (AvgIpc) is 3.27. The number of methoxy groups -OCH3 is 1. The van der Waals surface area contributed by atoms with Gasteiger partial charge < -0.3 is 18.8 Å². The molecule has 1 fully saturated rings. The number of esters is 1. The molecule has 1 saturated heterocycles. The fourth-order valence-electron chi connectivity index (χ4n) is 3.52. The Balaban J connectivity index is 1.45. The third kappa shape index (κ3) is 3.71. The van der Waals surface area contributed by atoms with Gasteiger partial charge in [0, 0.05) is 13.1 Å². The van der Waals surface area contributed by atoms with E-state index in [-0.39, 0.29) is 17.8 Å². The molecule has 144 valence electrons. The average molecular weight is 379 g/mol. The zero-order valence-corrected chi connectivity index (χ0v) is 15.6. The Kier molecular flexibility index (Phi) is 5.02. The number of ether oxygens (including phenoxy) is 2. The minimum Gasteiger partial charge on any atom is -0.497 e. The van der Waals surface area contributed by atoms with Crippen LogP contribution >= 0.6 is 0 Å². The highest BCUT2D eigenvalue weighted by molar-refractivity contribution is 5.94. The number of fused-ring (bicyclic) bond motifs is 1. The Bertz CT molecular complexity index is 995. The number of hydrogen-bond acceptors (Lipinski definition) is 5. The Morgan fingerprint density at radius 1 is 1.07 bits per heavy atom. The smallest absolute Gasteiger partial charge is 0.316 e. The topological polar surface area (TPSA) is 69.0 Å². The van der Waals surface area contributed by atoms with Crippen LogP contribution in [0.5, 0.6) is 11.5 Å². The van der Waals surface area contributed by atoms with Crippen molar-refractivity contribution < 1.29 is 23.5 Å². The van der Waals surface area contributed by atoms with Crippen LogP contribution in [0.15, 0.2) is 59.4 Å². The maximum absolute atomic E-state index is 12.7. The molecule has 2 aromatic carbocycles.